The van der Waals surface area contributed by atoms with Crippen molar-refractivity contribution in [1.29, 1.82) is 0 Å². The average molecular weight is 265 g/mol. The summed E-state index contributed by atoms with van der Waals surface area (Å²) in [6.45, 7) is 0. The molecular weight excluding hydrogens is 254 g/mol. The van der Waals surface area contributed by atoms with Crippen molar-refractivity contribution in [3.8, 4) is 0 Å². The van der Waals surface area contributed by atoms with E-state index in [1.807, 2.05) is 0 Å². The van der Waals surface area contributed by atoms with E-state index in [2.05, 4.69) is 5.32 Å². The van der Waals surface area contributed by atoms with E-state index < -0.39 is 15.7 Å². The van der Waals surface area contributed by atoms with Crippen molar-refractivity contribution in [2.45, 2.75) is 4.90 Å². The molecule has 0 saturated carbocycles. The largest absolute Gasteiger partial charge is 0.459 e. The van der Waals surface area contributed by atoms with Crippen LogP contribution in [-0.4, -0.2) is 20.6 Å². The van der Waals surface area contributed by atoms with Crippen LogP contribution in [0, 0.1) is 0 Å². The lowest BCUT2D eigenvalue weighted by Gasteiger charge is -2.08. The first-order valence-electron chi connectivity index (χ1n) is 5.12. The molecule has 2 aromatic rings. The normalized spacial score (nSPS) is 11.2. The number of nitrogens with one attached hydrogen (secondary N) is 1. The summed E-state index contributed by atoms with van der Waals surface area (Å²) in [5.41, 5.74) is 0.237. The summed E-state index contributed by atoms with van der Waals surface area (Å²) in [6.07, 6.45) is 2.46. The highest BCUT2D eigenvalue weighted by atomic mass is 32.2. The summed E-state index contributed by atoms with van der Waals surface area (Å²) in [5.74, 6) is -0.366. The Kier molecular flexibility index (Phi) is 3.20. The van der Waals surface area contributed by atoms with Gasteiger partial charge in [0.1, 0.15) is 0 Å². The molecule has 5 nitrogen and oxygen atoms in total. The number of carbonyl (C=O) groups is 1. The van der Waals surface area contributed by atoms with Crippen molar-refractivity contribution >= 4 is 21.4 Å². The van der Waals surface area contributed by atoms with E-state index in [0.717, 1.165) is 6.26 Å². The highest BCUT2D eigenvalue weighted by Gasteiger charge is 2.16. The van der Waals surface area contributed by atoms with Crippen molar-refractivity contribution in [3.05, 3.63) is 48.4 Å². The molecule has 0 bridgehead atoms. The van der Waals surface area contributed by atoms with Gasteiger partial charge in [-0.15, -0.1) is 0 Å². The van der Waals surface area contributed by atoms with E-state index in [-0.39, 0.29) is 16.3 Å². The van der Waals surface area contributed by atoms with Gasteiger partial charge in [0, 0.05) is 6.26 Å². The number of hydrogen-bond donors (Lipinski definition) is 1. The van der Waals surface area contributed by atoms with Gasteiger partial charge in [-0.2, -0.15) is 0 Å². The first-order valence-corrected chi connectivity index (χ1v) is 7.01. The zero-order valence-corrected chi connectivity index (χ0v) is 10.4. The third-order valence-electron chi connectivity index (χ3n) is 2.28. The quantitative estimate of drug-likeness (QED) is 0.920. The van der Waals surface area contributed by atoms with E-state index in [0.29, 0.717) is 0 Å². The molecule has 0 aliphatic rings. The van der Waals surface area contributed by atoms with Crippen LogP contribution in [0.2, 0.25) is 0 Å². The lowest BCUT2D eigenvalue weighted by molar-refractivity contribution is 0.0996. The number of rotatable bonds is 3. The van der Waals surface area contributed by atoms with Gasteiger partial charge < -0.3 is 9.73 Å². The average Bonchev–Trinajstić information content (AvgIpc) is 2.81. The molecule has 1 aromatic heterocycles. The molecule has 0 saturated heterocycles. The van der Waals surface area contributed by atoms with Crippen LogP contribution in [0.5, 0.6) is 0 Å². The molecular formula is C12H11NO4S. The van der Waals surface area contributed by atoms with Crippen molar-refractivity contribution in [2.75, 3.05) is 11.6 Å². The topological polar surface area (TPSA) is 76.4 Å². The van der Waals surface area contributed by atoms with Crippen LogP contribution in [0.4, 0.5) is 5.69 Å². The van der Waals surface area contributed by atoms with Gasteiger partial charge in [0.15, 0.2) is 15.6 Å². The standard InChI is InChI=1S/C12H11NO4S/c1-18(15,16)11-7-3-2-5-9(11)13-12(14)10-6-4-8-17-10/h2-8H,1H3,(H,13,14). The number of para-hydroxylation sites is 1. The molecule has 1 aromatic carbocycles. The van der Waals surface area contributed by atoms with E-state index in [9.17, 15) is 13.2 Å². The Bertz CT molecular complexity index is 659. The number of amides is 1. The predicted octanol–water partition coefficient (Wildman–Crippen LogP) is 1.94. The molecule has 0 fully saturated rings. The highest BCUT2D eigenvalue weighted by molar-refractivity contribution is 7.90. The van der Waals surface area contributed by atoms with Crippen molar-refractivity contribution in [1.82, 2.24) is 0 Å². The maximum absolute atomic E-state index is 11.8. The van der Waals surface area contributed by atoms with Crippen molar-refractivity contribution in [3.63, 3.8) is 0 Å². The van der Waals surface area contributed by atoms with Crippen LogP contribution in [0.15, 0.2) is 52.0 Å². The summed E-state index contributed by atoms with van der Waals surface area (Å²) in [6, 6.07) is 9.28. The number of benzene rings is 1. The van der Waals surface area contributed by atoms with Crippen LogP contribution in [0.1, 0.15) is 10.6 Å². The van der Waals surface area contributed by atoms with Crippen LogP contribution in [0.3, 0.4) is 0 Å². The van der Waals surface area contributed by atoms with E-state index in [1.165, 1.54) is 24.5 Å². The second-order valence-corrected chi connectivity index (χ2v) is 5.68. The van der Waals surface area contributed by atoms with Gasteiger partial charge in [0.2, 0.25) is 0 Å². The molecule has 1 amide bonds. The van der Waals surface area contributed by atoms with E-state index >= 15 is 0 Å². The lowest BCUT2D eigenvalue weighted by Crippen LogP contribution is -2.13. The number of sulfone groups is 1. The highest BCUT2D eigenvalue weighted by Crippen LogP contribution is 2.21. The fourth-order valence-electron chi connectivity index (χ4n) is 1.48. The van der Waals surface area contributed by atoms with Gasteiger partial charge in [-0.1, -0.05) is 12.1 Å². The fourth-order valence-corrected chi connectivity index (χ4v) is 2.33. The van der Waals surface area contributed by atoms with Gasteiger partial charge >= 0.3 is 0 Å². The van der Waals surface area contributed by atoms with E-state index in [1.54, 1.807) is 18.2 Å². The summed E-state index contributed by atoms with van der Waals surface area (Å²) < 4.78 is 28.0. The minimum absolute atomic E-state index is 0.0740. The first-order chi connectivity index (χ1) is 8.48. The Morgan fingerprint density at radius 2 is 1.89 bits per heavy atom. The Balaban J connectivity index is 2.33. The molecule has 0 aliphatic heterocycles. The van der Waals surface area contributed by atoms with Gasteiger partial charge in [-0.25, -0.2) is 8.42 Å². The van der Waals surface area contributed by atoms with Crippen molar-refractivity contribution in [2.24, 2.45) is 0 Å². The monoisotopic (exact) mass is 265 g/mol. The Morgan fingerprint density at radius 3 is 2.50 bits per heavy atom. The van der Waals surface area contributed by atoms with Crippen LogP contribution in [0.25, 0.3) is 0 Å². The number of anilines is 1. The summed E-state index contributed by atoms with van der Waals surface area (Å²) in [7, 11) is -3.39. The SMILES string of the molecule is CS(=O)(=O)c1ccccc1NC(=O)c1ccco1. The Labute approximate surface area is 104 Å². The van der Waals surface area contributed by atoms with Crippen molar-refractivity contribution < 1.29 is 17.6 Å². The molecule has 0 unspecified atom stereocenters. The molecule has 0 spiro atoms. The summed E-state index contributed by atoms with van der Waals surface area (Å²) in [5, 5.41) is 2.51. The summed E-state index contributed by atoms with van der Waals surface area (Å²) in [4.78, 5) is 11.8. The maximum Gasteiger partial charge on any atom is 0.291 e. The molecule has 6 heteroatoms. The molecule has 18 heavy (non-hydrogen) atoms. The third-order valence-corrected chi connectivity index (χ3v) is 3.43. The van der Waals surface area contributed by atoms with Crippen LogP contribution in [-0.2, 0) is 9.84 Å². The fraction of sp³-hybridized carbons (Fsp3) is 0.0833. The number of hydrogen-bond acceptors (Lipinski definition) is 4. The smallest absolute Gasteiger partial charge is 0.291 e. The molecule has 94 valence electrons. The molecule has 1 N–H and O–H groups in total. The molecule has 0 radical (unpaired) electrons. The van der Waals surface area contributed by atoms with Gasteiger partial charge in [0.05, 0.1) is 16.8 Å². The zero-order chi connectivity index (χ0) is 13.2. The van der Waals surface area contributed by atoms with Crippen LogP contribution < -0.4 is 5.32 Å². The van der Waals surface area contributed by atoms with Gasteiger partial charge in [0.25, 0.3) is 5.91 Å². The van der Waals surface area contributed by atoms with Gasteiger partial charge in [-0.05, 0) is 24.3 Å². The second-order valence-electron chi connectivity index (χ2n) is 3.70. The minimum atomic E-state index is -3.39. The third kappa shape index (κ3) is 2.60. The van der Waals surface area contributed by atoms with E-state index in [4.69, 9.17) is 4.42 Å². The Hall–Kier alpha value is -2.08. The maximum atomic E-state index is 11.8. The molecule has 0 atom stereocenters. The zero-order valence-electron chi connectivity index (χ0n) is 9.58. The molecule has 1 heterocycles. The molecule has 0 aliphatic carbocycles. The lowest BCUT2D eigenvalue weighted by atomic mass is 10.3. The first kappa shape index (κ1) is 12.4. The second kappa shape index (κ2) is 4.66. The number of furan rings is 1. The van der Waals surface area contributed by atoms with Crippen LogP contribution >= 0.6 is 0 Å². The minimum Gasteiger partial charge on any atom is -0.459 e. The molecule has 2 rings (SSSR count). The number of carbonyl (C=O) groups excluding carboxylic acids is 1. The Morgan fingerprint density at radius 1 is 1.17 bits per heavy atom. The predicted molar refractivity (Wildman–Crippen MR) is 66.2 cm³/mol. The summed E-state index contributed by atoms with van der Waals surface area (Å²) >= 11 is 0. The van der Waals surface area contributed by atoms with Gasteiger partial charge in [-0.3, -0.25) is 4.79 Å².